The molecule has 0 atom stereocenters. The minimum absolute atomic E-state index is 0.663. The normalized spacial score (nSPS) is 12.1. The molecule has 0 amide bonds. The molecule has 0 aliphatic rings. The van der Waals surface area contributed by atoms with E-state index in [2.05, 4.69) is 126 Å². The van der Waals surface area contributed by atoms with Crippen LogP contribution in [0.5, 0.6) is 0 Å². The Morgan fingerprint density at radius 1 is 0.455 bits per heavy atom. The lowest BCUT2D eigenvalue weighted by molar-refractivity contribution is 0.669. The molecule has 3 aromatic heterocycles. The highest BCUT2D eigenvalue weighted by atomic mass is 16.3. The molecular formula is C40H23N3O. The number of rotatable bonds is 2. The van der Waals surface area contributed by atoms with E-state index in [0.29, 0.717) is 5.95 Å². The van der Waals surface area contributed by atoms with Crippen LogP contribution in [0.1, 0.15) is 0 Å². The fourth-order valence-electron chi connectivity index (χ4n) is 6.96. The van der Waals surface area contributed by atoms with Gasteiger partial charge in [-0.05, 0) is 64.0 Å². The molecule has 0 aliphatic heterocycles. The van der Waals surface area contributed by atoms with Crippen LogP contribution in [0.3, 0.4) is 0 Å². The summed E-state index contributed by atoms with van der Waals surface area (Å²) in [6.07, 6.45) is 0. The number of benzene rings is 7. The molecule has 0 aliphatic carbocycles. The van der Waals surface area contributed by atoms with Gasteiger partial charge in [-0.15, -0.1) is 0 Å². The summed E-state index contributed by atoms with van der Waals surface area (Å²) in [5.41, 5.74) is 6.87. The second-order valence-corrected chi connectivity index (χ2v) is 11.4. The van der Waals surface area contributed by atoms with Gasteiger partial charge in [0.15, 0.2) is 0 Å². The molecule has 0 unspecified atom stereocenters. The van der Waals surface area contributed by atoms with Gasteiger partial charge >= 0.3 is 0 Å². The summed E-state index contributed by atoms with van der Waals surface area (Å²) in [5.74, 6) is 0.663. The van der Waals surface area contributed by atoms with E-state index in [1.165, 1.54) is 26.9 Å². The van der Waals surface area contributed by atoms with E-state index in [1.54, 1.807) is 0 Å². The highest BCUT2D eigenvalue weighted by Crippen LogP contribution is 2.38. The number of furan rings is 1. The van der Waals surface area contributed by atoms with E-state index in [-0.39, 0.29) is 0 Å². The van der Waals surface area contributed by atoms with Gasteiger partial charge in [-0.3, -0.25) is 4.57 Å². The van der Waals surface area contributed by atoms with Crippen LogP contribution in [0, 0.1) is 0 Å². The first-order valence-electron chi connectivity index (χ1n) is 14.8. The van der Waals surface area contributed by atoms with Crippen LogP contribution in [-0.2, 0) is 0 Å². The molecule has 0 radical (unpaired) electrons. The molecule has 204 valence electrons. The summed E-state index contributed by atoms with van der Waals surface area (Å²) in [4.78, 5) is 10.5. The lowest BCUT2D eigenvalue weighted by Gasteiger charge is -2.12. The lowest BCUT2D eigenvalue weighted by Crippen LogP contribution is -2.03. The average Bonchev–Trinajstić information content (AvgIpc) is 3.62. The first kappa shape index (κ1) is 23.6. The van der Waals surface area contributed by atoms with E-state index in [9.17, 15) is 0 Å². The zero-order valence-electron chi connectivity index (χ0n) is 23.5. The molecule has 0 saturated carbocycles. The van der Waals surface area contributed by atoms with Crippen molar-refractivity contribution < 1.29 is 4.42 Å². The Balaban J connectivity index is 1.26. The predicted molar refractivity (Wildman–Crippen MR) is 182 cm³/mol. The third-order valence-corrected chi connectivity index (χ3v) is 8.96. The van der Waals surface area contributed by atoms with E-state index in [4.69, 9.17) is 14.4 Å². The van der Waals surface area contributed by atoms with Gasteiger partial charge in [0.2, 0.25) is 5.95 Å². The number of para-hydroxylation sites is 3. The van der Waals surface area contributed by atoms with Crippen molar-refractivity contribution in [3.8, 4) is 17.2 Å². The maximum absolute atomic E-state index is 6.16. The van der Waals surface area contributed by atoms with Gasteiger partial charge in [-0.2, -0.15) is 0 Å². The van der Waals surface area contributed by atoms with Crippen molar-refractivity contribution in [2.45, 2.75) is 0 Å². The quantitative estimate of drug-likeness (QED) is 0.211. The van der Waals surface area contributed by atoms with E-state index < -0.39 is 0 Å². The maximum atomic E-state index is 6.16. The van der Waals surface area contributed by atoms with Crippen LogP contribution < -0.4 is 0 Å². The van der Waals surface area contributed by atoms with E-state index in [1.807, 2.05) is 18.2 Å². The summed E-state index contributed by atoms with van der Waals surface area (Å²) >= 11 is 0. The monoisotopic (exact) mass is 561 g/mol. The van der Waals surface area contributed by atoms with Crippen molar-refractivity contribution in [3.63, 3.8) is 0 Å². The Morgan fingerprint density at radius 2 is 1.20 bits per heavy atom. The highest BCUT2D eigenvalue weighted by molar-refractivity contribution is 6.19. The molecule has 0 bridgehead atoms. The molecule has 10 aromatic rings. The van der Waals surface area contributed by atoms with Crippen molar-refractivity contribution in [1.82, 2.24) is 14.5 Å². The number of aromatic nitrogens is 3. The second-order valence-electron chi connectivity index (χ2n) is 11.4. The van der Waals surface area contributed by atoms with E-state index >= 15 is 0 Å². The zero-order chi connectivity index (χ0) is 28.8. The Hall–Kier alpha value is -6.00. The molecule has 4 nitrogen and oxygen atoms in total. The number of hydrogen-bond acceptors (Lipinski definition) is 3. The molecule has 0 N–H and O–H groups in total. The second kappa shape index (κ2) is 8.76. The SMILES string of the molecule is c1ccc2cc3c(cc2c1)c1ccccc1n3-c1nc(-c2ccc3c(ccc4oc5ccccc5c43)c2)c2ccccc2n1. The van der Waals surface area contributed by atoms with Gasteiger partial charge in [0.25, 0.3) is 0 Å². The van der Waals surface area contributed by atoms with Gasteiger partial charge in [-0.25, -0.2) is 9.97 Å². The fraction of sp³-hybridized carbons (Fsp3) is 0. The van der Waals surface area contributed by atoms with Crippen molar-refractivity contribution in [2.24, 2.45) is 0 Å². The molecule has 44 heavy (non-hydrogen) atoms. The van der Waals surface area contributed by atoms with Gasteiger partial charge in [0.1, 0.15) is 11.2 Å². The van der Waals surface area contributed by atoms with Crippen molar-refractivity contribution in [3.05, 3.63) is 140 Å². The van der Waals surface area contributed by atoms with Gasteiger partial charge in [-0.1, -0.05) is 97.1 Å². The summed E-state index contributed by atoms with van der Waals surface area (Å²) in [7, 11) is 0. The van der Waals surface area contributed by atoms with Crippen LogP contribution in [0.4, 0.5) is 0 Å². The Kier molecular flexibility index (Phi) is 4.69. The summed E-state index contributed by atoms with van der Waals surface area (Å²) in [6.45, 7) is 0. The average molecular weight is 562 g/mol. The van der Waals surface area contributed by atoms with Crippen LogP contribution >= 0.6 is 0 Å². The van der Waals surface area contributed by atoms with Crippen LogP contribution in [0.25, 0.3) is 93.4 Å². The summed E-state index contributed by atoms with van der Waals surface area (Å²) in [5, 5.41) is 10.4. The Bertz CT molecular complexity index is 2790. The predicted octanol–water partition coefficient (Wildman–Crippen LogP) is 10.6. The Morgan fingerprint density at radius 3 is 2.11 bits per heavy atom. The molecule has 0 saturated heterocycles. The highest BCUT2D eigenvalue weighted by Gasteiger charge is 2.18. The molecule has 7 aromatic carbocycles. The largest absolute Gasteiger partial charge is 0.456 e. The van der Waals surface area contributed by atoms with Gasteiger partial charge in [0, 0.05) is 32.5 Å². The minimum Gasteiger partial charge on any atom is -0.456 e. The third kappa shape index (κ3) is 3.28. The first-order valence-corrected chi connectivity index (χ1v) is 14.8. The smallest absolute Gasteiger partial charge is 0.235 e. The van der Waals surface area contributed by atoms with Crippen molar-refractivity contribution in [1.29, 1.82) is 0 Å². The molecule has 0 fully saturated rings. The van der Waals surface area contributed by atoms with Gasteiger partial charge < -0.3 is 4.42 Å². The maximum Gasteiger partial charge on any atom is 0.235 e. The first-order chi connectivity index (χ1) is 21.8. The van der Waals surface area contributed by atoms with Crippen LogP contribution in [0.2, 0.25) is 0 Å². The molecular weight excluding hydrogens is 538 g/mol. The third-order valence-electron chi connectivity index (χ3n) is 8.96. The number of nitrogens with zero attached hydrogens (tertiary/aromatic N) is 3. The molecule has 10 rings (SSSR count). The van der Waals surface area contributed by atoms with Crippen molar-refractivity contribution >= 4 is 76.2 Å². The fourth-order valence-corrected chi connectivity index (χ4v) is 6.96. The lowest BCUT2D eigenvalue weighted by atomic mass is 9.99. The molecule has 4 heteroatoms. The topological polar surface area (TPSA) is 43.9 Å². The Labute approximate surface area is 251 Å². The summed E-state index contributed by atoms with van der Waals surface area (Å²) < 4.78 is 8.38. The van der Waals surface area contributed by atoms with Crippen LogP contribution in [0.15, 0.2) is 144 Å². The number of fused-ring (bicyclic) bond motifs is 10. The van der Waals surface area contributed by atoms with Crippen LogP contribution in [-0.4, -0.2) is 14.5 Å². The standard InChI is InChI=1S/C40H23N3O/c1-2-10-25-23-35-32(22-24(25)9-1)29-11-4-7-15-34(29)43(35)40-41-33-14-6-3-12-30(33)39(42-40)27-17-19-28-26(21-27)18-20-37-38(28)31-13-5-8-16-36(31)44-37/h1-23H. The molecule has 3 heterocycles. The minimum atomic E-state index is 0.663. The van der Waals surface area contributed by atoms with E-state index in [0.717, 1.165) is 60.5 Å². The van der Waals surface area contributed by atoms with Crippen molar-refractivity contribution in [2.75, 3.05) is 0 Å². The zero-order valence-corrected chi connectivity index (χ0v) is 23.5. The number of hydrogen-bond donors (Lipinski definition) is 0. The summed E-state index contributed by atoms with van der Waals surface area (Å²) in [6, 6.07) is 49.0. The van der Waals surface area contributed by atoms with Gasteiger partial charge in [0.05, 0.1) is 22.2 Å². The molecule has 0 spiro atoms.